The first-order valence-corrected chi connectivity index (χ1v) is 8.34. The molecule has 0 saturated carbocycles. The van der Waals surface area contributed by atoms with Crippen LogP contribution in [0.2, 0.25) is 0 Å². The number of anilines is 4. The highest BCUT2D eigenvalue weighted by atomic mass is 15.3. The van der Waals surface area contributed by atoms with Gasteiger partial charge in [0.2, 0.25) is 5.95 Å². The predicted molar refractivity (Wildman–Crippen MR) is 104 cm³/mol. The molecule has 0 aliphatic carbocycles. The molecule has 0 aliphatic rings. The number of benzene rings is 2. The van der Waals surface area contributed by atoms with E-state index < -0.39 is 0 Å². The van der Waals surface area contributed by atoms with Crippen molar-refractivity contribution in [1.29, 1.82) is 0 Å². The maximum Gasteiger partial charge on any atom is 0.249 e. The third-order valence-corrected chi connectivity index (χ3v) is 4.09. The fraction of sp³-hybridized carbons (Fsp3) is 0.100. The van der Waals surface area contributed by atoms with Crippen molar-refractivity contribution in [2.24, 2.45) is 0 Å². The number of nitrogens with one attached hydrogen (secondary N) is 2. The quantitative estimate of drug-likeness (QED) is 0.568. The third-order valence-electron chi connectivity index (χ3n) is 4.09. The maximum atomic E-state index is 4.52. The lowest BCUT2D eigenvalue weighted by molar-refractivity contribution is 0.982. The zero-order valence-corrected chi connectivity index (χ0v) is 14.6. The van der Waals surface area contributed by atoms with Gasteiger partial charge in [0.1, 0.15) is 0 Å². The third kappa shape index (κ3) is 3.30. The summed E-state index contributed by atoms with van der Waals surface area (Å²) in [6.45, 7) is 4.11. The summed E-state index contributed by atoms with van der Waals surface area (Å²) >= 11 is 0. The molecule has 6 heteroatoms. The van der Waals surface area contributed by atoms with E-state index in [1.54, 1.807) is 12.4 Å². The van der Waals surface area contributed by atoms with Gasteiger partial charge >= 0.3 is 0 Å². The summed E-state index contributed by atoms with van der Waals surface area (Å²) in [5.74, 6) is 1.04. The summed E-state index contributed by atoms with van der Waals surface area (Å²) in [5, 5.41) is 15.7. The topological polar surface area (TPSA) is 75.6 Å². The second kappa shape index (κ2) is 6.76. The Morgan fingerprint density at radius 1 is 0.885 bits per heavy atom. The Kier molecular flexibility index (Phi) is 4.15. The Bertz CT molecular complexity index is 1070. The lowest BCUT2D eigenvalue weighted by atomic mass is 10.1. The summed E-state index contributed by atoms with van der Waals surface area (Å²) in [5.41, 5.74) is 5.03. The molecule has 2 heterocycles. The highest BCUT2D eigenvalue weighted by Gasteiger charge is 2.07. The molecule has 0 aliphatic heterocycles. The first-order valence-electron chi connectivity index (χ1n) is 8.34. The van der Waals surface area contributed by atoms with E-state index in [9.17, 15) is 0 Å². The van der Waals surface area contributed by atoms with Crippen molar-refractivity contribution >= 4 is 34.0 Å². The van der Waals surface area contributed by atoms with Gasteiger partial charge in [-0.25, -0.2) is 0 Å². The summed E-state index contributed by atoms with van der Waals surface area (Å²) in [4.78, 5) is 8.95. The van der Waals surface area contributed by atoms with E-state index >= 15 is 0 Å². The van der Waals surface area contributed by atoms with Crippen LogP contribution in [-0.4, -0.2) is 20.2 Å². The molecule has 0 fully saturated rings. The molecule has 4 aromatic rings. The van der Waals surface area contributed by atoms with Gasteiger partial charge in [-0.3, -0.25) is 4.98 Å². The van der Waals surface area contributed by atoms with Crippen LogP contribution < -0.4 is 10.6 Å². The number of nitrogens with zero attached hydrogens (tertiary/aromatic N) is 4. The van der Waals surface area contributed by atoms with Crippen LogP contribution in [0.15, 0.2) is 60.9 Å². The highest BCUT2D eigenvalue weighted by molar-refractivity contribution is 5.91. The van der Waals surface area contributed by atoms with E-state index in [2.05, 4.69) is 62.8 Å². The van der Waals surface area contributed by atoms with E-state index in [-0.39, 0.29) is 0 Å². The van der Waals surface area contributed by atoms with Gasteiger partial charge in [-0.05, 0) is 43.2 Å². The fourth-order valence-corrected chi connectivity index (χ4v) is 2.75. The smallest absolute Gasteiger partial charge is 0.249 e. The second-order valence-corrected chi connectivity index (χ2v) is 6.11. The van der Waals surface area contributed by atoms with Crippen LogP contribution in [-0.2, 0) is 0 Å². The summed E-state index contributed by atoms with van der Waals surface area (Å²) in [7, 11) is 0. The molecule has 0 unspecified atom stereocenters. The van der Waals surface area contributed by atoms with Gasteiger partial charge in [0.25, 0.3) is 0 Å². The van der Waals surface area contributed by atoms with Gasteiger partial charge in [0, 0.05) is 17.3 Å². The molecule has 0 spiro atoms. The van der Waals surface area contributed by atoms with Crippen molar-refractivity contribution in [3.63, 3.8) is 0 Å². The van der Waals surface area contributed by atoms with Gasteiger partial charge in [-0.15, -0.1) is 5.10 Å². The molecular formula is C20H18N6. The number of fused-ring (bicyclic) bond motifs is 1. The molecule has 2 aromatic carbocycles. The fourth-order valence-electron chi connectivity index (χ4n) is 2.75. The van der Waals surface area contributed by atoms with E-state index in [0.717, 1.165) is 27.8 Å². The molecular weight excluding hydrogens is 324 g/mol. The lowest BCUT2D eigenvalue weighted by Crippen LogP contribution is -2.03. The number of aromatic nitrogens is 4. The zero-order chi connectivity index (χ0) is 17.9. The normalized spacial score (nSPS) is 10.7. The van der Waals surface area contributed by atoms with E-state index in [1.165, 1.54) is 5.56 Å². The number of pyridine rings is 1. The summed E-state index contributed by atoms with van der Waals surface area (Å²) in [6, 6.07) is 16.1. The molecule has 0 bridgehead atoms. The standard InChI is InChI=1S/C20H18N6/c1-13-8-9-14(2)17(11-13)23-18-12-22-26-20(25-18)24-16-7-3-5-15-6-4-10-21-19(15)16/h3-12H,1-2H3,(H2,23,24,25,26). The Morgan fingerprint density at radius 2 is 1.77 bits per heavy atom. The zero-order valence-electron chi connectivity index (χ0n) is 14.6. The first kappa shape index (κ1) is 16.0. The summed E-state index contributed by atoms with van der Waals surface area (Å²) < 4.78 is 0. The lowest BCUT2D eigenvalue weighted by Gasteiger charge is -2.11. The monoisotopic (exact) mass is 342 g/mol. The van der Waals surface area contributed by atoms with Gasteiger partial charge in [0.15, 0.2) is 5.82 Å². The van der Waals surface area contributed by atoms with Crippen molar-refractivity contribution in [3.05, 3.63) is 72.1 Å². The Balaban J connectivity index is 1.62. The molecule has 4 rings (SSSR count). The van der Waals surface area contributed by atoms with E-state index in [1.807, 2.05) is 30.3 Å². The van der Waals surface area contributed by atoms with Crippen LogP contribution in [0, 0.1) is 13.8 Å². The van der Waals surface area contributed by atoms with Gasteiger partial charge in [-0.1, -0.05) is 30.3 Å². The van der Waals surface area contributed by atoms with Crippen LogP contribution in [0.1, 0.15) is 11.1 Å². The maximum absolute atomic E-state index is 4.52. The molecule has 6 nitrogen and oxygen atoms in total. The average Bonchev–Trinajstić information content (AvgIpc) is 2.65. The van der Waals surface area contributed by atoms with Crippen molar-refractivity contribution in [2.75, 3.05) is 10.6 Å². The molecule has 0 saturated heterocycles. The Hall–Kier alpha value is -3.54. The van der Waals surface area contributed by atoms with E-state index in [0.29, 0.717) is 11.8 Å². The first-order chi connectivity index (χ1) is 12.7. The van der Waals surface area contributed by atoms with Crippen molar-refractivity contribution in [2.45, 2.75) is 13.8 Å². The molecule has 2 N–H and O–H groups in total. The molecule has 0 amide bonds. The summed E-state index contributed by atoms with van der Waals surface area (Å²) in [6.07, 6.45) is 3.37. The predicted octanol–water partition coefficient (Wildman–Crippen LogP) is 4.52. The highest BCUT2D eigenvalue weighted by Crippen LogP contribution is 2.24. The number of rotatable bonds is 4. The second-order valence-electron chi connectivity index (χ2n) is 6.11. The molecule has 0 atom stereocenters. The van der Waals surface area contributed by atoms with E-state index in [4.69, 9.17) is 0 Å². The Morgan fingerprint density at radius 3 is 2.69 bits per heavy atom. The number of para-hydroxylation sites is 1. The minimum atomic E-state index is 0.415. The molecule has 2 aromatic heterocycles. The van der Waals surface area contributed by atoms with Gasteiger partial charge in [0.05, 0.1) is 17.4 Å². The molecule has 0 radical (unpaired) electrons. The van der Waals surface area contributed by atoms with Crippen molar-refractivity contribution < 1.29 is 0 Å². The Labute approximate surface area is 151 Å². The molecule has 128 valence electrons. The minimum absolute atomic E-state index is 0.415. The largest absolute Gasteiger partial charge is 0.339 e. The van der Waals surface area contributed by atoms with Crippen molar-refractivity contribution in [1.82, 2.24) is 20.2 Å². The van der Waals surface area contributed by atoms with Crippen LogP contribution in [0.4, 0.5) is 23.1 Å². The SMILES string of the molecule is Cc1ccc(C)c(Nc2cnnc(Nc3cccc4cccnc34)n2)c1. The van der Waals surface area contributed by atoms with Crippen LogP contribution in [0.5, 0.6) is 0 Å². The van der Waals surface area contributed by atoms with Crippen LogP contribution >= 0.6 is 0 Å². The average molecular weight is 342 g/mol. The van der Waals surface area contributed by atoms with Crippen LogP contribution in [0.3, 0.4) is 0 Å². The number of hydrogen-bond acceptors (Lipinski definition) is 6. The van der Waals surface area contributed by atoms with Crippen LogP contribution in [0.25, 0.3) is 10.9 Å². The number of hydrogen-bond donors (Lipinski definition) is 2. The number of aryl methyl sites for hydroxylation is 2. The molecule has 26 heavy (non-hydrogen) atoms. The van der Waals surface area contributed by atoms with Gasteiger partial charge in [-0.2, -0.15) is 10.1 Å². The van der Waals surface area contributed by atoms with Gasteiger partial charge < -0.3 is 10.6 Å². The minimum Gasteiger partial charge on any atom is -0.339 e. The van der Waals surface area contributed by atoms with Crippen molar-refractivity contribution in [3.8, 4) is 0 Å².